The van der Waals surface area contributed by atoms with Gasteiger partial charge in [0.05, 0.1) is 19.3 Å². The van der Waals surface area contributed by atoms with Gasteiger partial charge in [0, 0.05) is 41.4 Å². The van der Waals surface area contributed by atoms with E-state index in [4.69, 9.17) is 4.74 Å². The summed E-state index contributed by atoms with van der Waals surface area (Å²) in [5, 5.41) is 5.31. The van der Waals surface area contributed by atoms with Gasteiger partial charge in [0.25, 0.3) is 0 Å². The molecule has 1 aromatic heterocycles. The van der Waals surface area contributed by atoms with Gasteiger partial charge in [-0.1, -0.05) is 43.7 Å². The Morgan fingerprint density at radius 3 is 2.61 bits per heavy atom. The van der Waals surface area contributed by atoms with Gasteiger partial charge >= 0.3 is 0 Å². The van der Waals surface area contributed by atoms with Gasteiger partial charge in [-0.3, -0.25) is 0 Å². The molecule has 3 heterocycles. The quantitative estimate of drug-likeness (QED) is 0.710. The van der Waals surface area contributed by atoms with Crippen molar-refractivity contribution in [1.29, 1.82) is 0 Å². The van der Waals surface area contributed by atoms with Crippen molar-refractivity contribution in [3.63, 3.8) is 0 Å². The second kappa shape index (κ2) is 7.61. The summed E-state index contributed by atoms with van der Waals surface area (Å²) < 4.78 is 5.49. The second-order valence-electron chi connectivity index (χ2n) is 8.04. The van der Waals surface area contributed by atoms with E-state index in [1.807, 2.05) is 0 Å². The number of morpholine rings is 1. The minimum Gasteiger partial charge on any atom is -0.378 e. The normalized spacial score (nSPS) is 22.4. The summed E-state index contributed by atoms with van der Waals surface area (Å²) in [7, 11) is 0. The number of anilines is 1. The smallest absolute Gasteiger partial charge is 0.0734 e. The van der Waals surface area contributed by atoms with Crippen molar-refractivity contribution in [1.82, 2.24) is 10.3 Å². The Morgan fingerprint density at radius 2 is 1.82 bits per heavy atom. The molecule has 5 rings (SSSR count). The molecule has 4 heteroatoms. The van der Waals surface area contributed by atoms with Gasteiger partial charge in [0.2, 0.25) is 0 Å². The van der Waals surface area contributed by atoms with Crippen molar-refractivity contribution in [3.05, 3.63) is 65.4 Å². The van der Waals surface area contributed by atoms with Crippen LogP contribution in [0, 0.1) is 0 Å². The highest BCUT2D eigenvalue weighted by atomic mass is 16.5. The average Bonchev–Trinajstić information content (AvgIpc) is 3.13. The number of para-hydroxylation sites is 1. The van der Waals surface area contributed by atoms with E-state index in [9.17, 15) is 0 Å². The van der Waals surface area contributed by atoms with Crippen LogP contribution in [0.25, 0.3) is 10.9 Å². The van der Waals surface area contributed by atoms with Crippen molar-refractivity contribution >= 4 is 16.6 Å². The molecule has 0 saturated carbocycles. The minimum atomic E-state index is 0.228. The zero-order chi connectivity index (χ0) is 18.9. The molecule has 3 aromatic rings. The van der Waals surface area contributed by atoms with Gasteiger partial charge in [0.15, 0.2) is 0 Å². The van der Waals surface area contributed by atoms with Crippen LogP contribution in [0.5, 0.6) is 0 Å². The van der Waals surface area contributed by atoms with Gasteiger partial charge in [0.1, 0.15) is 0 Å². The number of rotatable bonds is 4. The molecular formula is C24H29N3O. The molecular weight excluding hydrogens is 346 g/mol. The zero-order valence-electron chi connectivity index (χ0n) is 16.6. The lowest BCUT2D eigenvalue weighted by molar-refractivity contribution is 0.122. The fraction of sp³-hybridized carbons (Fsp3) is 0.417. The van der Waals surface area contributed by atoms with Crippen molar-refractivity contribution < 1.29 is 4.74 Å². The number of aromatic nitrogens is 1. The Bertz CT molecular complexity index is 940. The third-order valence-electron chi connectivity index (χ3n) is 6.23. The zero-order valence-corrected chi connectivity index (χ0v) is 16.6. The molecule has 28 heavy (non-hydrogen) atoms. The molecule has 2 aliphatic rings. The van der Waals surface area contributed by atoms with Crippen LogP contribution in [0.2, 0.25) is 0 Å². The number of hydrogen-bond donors (Lipinski definition) is 2. The Kier molecular flexibility index (Phi) is 4.83. The van der Waals surface area contributed by atoms with Crippen LogP contribution in [0.3, 0.4) is 0 Å². The van der Waals surface area contributed by atoms with Crippen molar-refractivity contribution in [3.8, 4) is 0 Å². The lowest BCUT2D eigenvalue weighted by atomic mass is 9.88. The molecule has 0 bridgehead atoms. The van der Waals surface area contributed by atoms with Crippen LogP contribution in [-0.4, -0.2) is 37.3 Å². The maximum absolute atomic E-state index is 5.49. The highest BCUT2D eigenvalue weighted by Crippen LogP contribution is 2.36. The van der Waals surface area contributed by atoms with Crippen LogP contribution in [0.15, 0.2) is 48.5 Å². The Hall–Kier alpha value is -2.30. The maximum Gasteiger partial charge on any atom is 0.0734 e. The first-order valence-corrected chi connectivity index (χ1v) is 10.6. The molecule has 0 radical (unpaired) electrons. The number of hydrogen-bond acceptors (Lipinski definition) is 3. The molecule has 1 fully saturated rings. The number of aromatic amines is 1. The highest BCUT2D eigenvalue weighted by molar-refractivity contribution is 5.85. The third-order valence-corrected chi connectivity index (χ3v) is 6.23. The topological polar surface area (TPSA) is 40.3 Å². The lowest BCUT2D eigenvalue weighted by Crippen LogP contribution is -2.40. The van der Waals surface area contributed by atoms with Gasteiger partial charge in [-0.2, -0.15) is 0 Å². The molecule has 2 aromatic carbocycles. The van der Waals surface area contributed by atoms with Crippen molar-refractivity contribution in [2.24, 2.45) is 0 Å². The van der Waals surface area contributed by atoms with Crippen LogP contribution >= 0.6 is 0 Å². The van der Waals surface area contributed by atoms with E-state index in [1.165, 1.54) is 46.3 Å². The molecule has 2 aliphatic heterocycles. The molecule has 0 spiro atoms. The molecule has 0 aliphatic carbocycles. The number of fused-ring (bicyclic) bond motifs is 3. The van der Waals surface area contributed by atoms with E-state index in [0.29, 0.717) is 6.04 Å². The predicted octanol–water partition coefficient (Wildman–Crippen LogP) is 4.41. The first-order chi connectivity index (χ1) is 13.8. The molecule has 1 saturated heterocycles. The van der Waals surface area contributed by atoms with Gasteiger partial charge < -0.3 is 19.9 Å². The maximum atomic E-state index is 5.49. The molecule has 0 unspecified atom stereocenters. The standard InChI is InChI=1S/C24H29N3O/c1-2-5-18-16-21-20-6-3-4-7-22(20)26-24(21)23(25-18)17-8-10-19(11-9-17)27-12-14-28-15-13-27/h3-4,6-11,18,23,25-26H,2,5,12-16H2,1H3/t18-,23-/m0/s1. The number of benzene rings is 2. The van der Waals surface area contributed by atoms with Crippen LogP contribution in [-0.2, 0) is 11.2 Å². The largest absolute Gasteiger partial charge is 0.378 e. The predicted molar refractivity (Wildman–Crippen MR) is 115 cm³/mol. The van der Waals surface area contributed by atoms with Crippen LogP contribution in [0.4, 0.5) is 5.69 Å². The summed E-state index contributed by atoms with van der Waals surface area (Å²) in [6.45, 7) is 5.88. The number of ether oxygens (including phenoxy) is 1. The van der Waals surface area contributed by atoms with E-state index in [-0.39, 0.29) is 6.04 Å². The molecule has 2 atom stereocenters. The first-order valence-electron chi connectivity index (χ1n) is 10.6. The summed E-state index contributed by atoms with van der Waals surface area (Å²) in [5.74, 6) is 0. The minimum absolute atomic E-state index is 0.228. The Morgan fingerprint density at radius 1 is 1.04 bits per heavy atom. The van der Waals surface area contributed by atoms with Crippen LogP contribution < -0.4 is 10.2 Å². The highest BCUT2D eigenvalue weighted by Gasteiger charge is 2.30. The summed E-state index contributed by atoms with van der Waals surface area (Å²) in [4.78, 5) is 6.13. The third kappa shape index (κ3) is 3.21. The van der Waals surface area contributed by atoms with Crippen molar-refractivity contribution in [2.45, 2.75) is 38.3 Å². The van der Waals surface area contributed by atoms with E-state index in [2.05, 4.69) is 70.7 Å². The second-order valence-corrected chi connectivity index (χ2v) is 8.04. The van der Waals surface area contributed by atoms with Gasteiger partial charge in [-0.25, -0.2) is 0 Å². The van der Waals surface area contributed by atoms with Gasteiger partial charge in [-0.05, 0) is 42.2 Å². The van der Waals surface area contributed by atoms with Crippen molar-refractivity contribution in [2.75, 3.05) is 31.2 Å². The number of H-pyrrole nitrogens is 1. The monoisotopic (exact) mass is 375 g/mol. The Labute approximate surface area is 166 Å². The molecule has 4 nitrogen and oxygen atoms in total. The number of nitrogens with one attached hydrogen (secondary N) is 2. The van der Waals surface area contributed by atoms with E-state index < -0.39 is 0 Å². The molecule has 146 valence electrons. The van der Waals surface area contributed by atoms with Gasteiger partial charge in [-0.15, -0.1) is 0 Å². The number of nitrogens with zero attached hydrogens (tertiary/aromatic N) is 1. The molecule has 0 amide bonds. The summed E-state index contributed by atoms with van der Waals surface area (Å²) in [6, 6.07) is 18.6. The summed E-state index contributed by atoms with van der Waals surface area (Å²) in [5.41, 5.74) is 6.72. The van der Waals surface area contributed by atoms with E-state index in [1.54, 1.807) is 0 Å². The fourth-order valence-electron chi connectivity index (χ4n) is 4.81. The molecule has 2 N–H and O–H groups in total. The lowest BCUT2D eigenvalue weighted by Gasteiger charge is -2.33. The average molecular weight is 376 g/mol. The SMILES string of the molecule is CCC[C@H]1Cc2c([nH]c3ccccc23)[C@H](c2ccc(N3CCOCC3)cc2)N1. The summed E-state index contributed by atoms with van der Waals surface area (Å²) >= 11 is 0. The fourth-order valence-corrected chi connectivity index (χ4v) is 4.81. The van der Waals surface area contributed by atoms with E-state index >= 15 is 0 Å². The van der Waals surface area contributed by atoms with Crippen LogP contribution in [0.1, 0.15) is 42.6 Å². The Balaban J connectivity index is 1.50. The first kappa shape index (κ1) is 17.8. The van der Waals surface area contributed by atoms with E-state index in [0.717, 1.165) is 32.7 Å². The summed E-state index contributed by atoms with van der Waals surface area (Å²) in [6.07, 6.45) is 3.52.